The van der Waals surface area contributed by atoms with E-state index in [2.05, 4.69) is 36.8 Å². The molecule has 4 heteroatoms. The van der Waals surface area contributed by atoms with E-state index in [0.29, 0.717) is 5.41 Å². The van der Waals surface area contributed by atoms with Gasteiger partial charge in [-0.1, -0.05) is 37.3 Å². The highest BCUT2D eigenvalue weighted by Crippen LogP contribution is 2.59. The Morgan fingerprint density at radius 3 is 2.63 bits per heavy atom. The van der Waals surface area contributed by atoms with Crippen LogP contribution in [0, 0.1) is 10.8 Å². The zero-order valence-corrected chi connectivity index (χ0v) is 16.7. The van der Waals surface area contributed by atoms with Crippen LogP contribution in [0.15, 0.2) is 48.7 Å². The molecule has 0 spiro atoms. The van der Waals surface area contributed by atoms with E-state index in [0.717, 1.165) is 30.0 Å². The molecule has 2 aliphatic carbocycles. The molecule has 27 heavy (non-hydrogen) atoms. The van der Waals surface area contributed by atoms with Crippen LogP contribution in [0.5, 0.6) is 5.75 Å². The van der Waals surface area contributed by atoms with Crippen molar-refractivity contribution in [3.8, 4) is 11.4 Å². The van der Waals surface area contributed by atoms with Gasteiger partial charge in [-0.05, 0) is 79.2 Å². The largest absolute Gasteiger partial charge is 0.497 e. The van der Waals surface area contributed by atoms with Crippen molar-refractivity contribution in [3.05, 3.63) is 54.4 Å². The molecule has 0 unspecified atom stereocenters. The van der Waals surface area contributed by atoms with E-state index in [-0.39, 0.29) is 5.41 Å². The highest BCUT2D eigenvalue weighted by Gasteiger charge is 2.48. The predicted octanol–water partition coefficient (Wildman–Crippen LogP) is 5.60. The molecule has 1 aromatic heterocycles. The molecule has 0 amide bonds. The Bertz CT molecular complexity index is 879. The van der Waals surface area contributed by atoms with Gasteiger partial charge in [0.1, 0.15) is 11.4 Å². The molecule has 2 atom stereocenters. The van der Waals surface area contributed by atoms with Crippen LogP contribution in [0.1, 0.15) is 58.1 Å². The third-order valence-electron chi connectivity index (χ3n) is 7.18. The second-order valence-corrected chi connectivity index (χ2v) is 8.53. The molecule has 1 heterocycles. The molecule has 0 bridgehead atoms. The van der Waals surface area contributed by atoms with Gasteiger partial charge in [0, 0.05) is 0 Å². The molecule has 142 valence electrons. The second-order valence-electron chi connectivity index (χ2n) is 8.53. The Morgan fingerprint density at radius 2 is 1.89 bits per heavy atom. The number of hydrogen-bond donors (Lipinski definition) is 0. The number of benzene rings is 1. The molecular formula is C23H29N3O. The molecule has 2 aliphatic rings. The van der Waals surface area contributed by atoms with E-state index < -0.39 is 0 Å². The number of ether oxygens (including phenoxy) is 1. The topological polar surface area (TPSA) is 39.9 Å². The lowest BCUT2D eigenvalue weighted by Crippen LogP contribution is -2.41. The summed E-state index contributed by atoms with van der Waals surface area (Å²) in [6, 6.07) is 7.89. The lowest BCUT2D eigenvalue weighted by Gasteiger charge is -2.51. The fourth-order valence-corrected chi connectivity index (χ4v) is 4.81. The normalized spacial score (nSPS) is 28.3. The average molecular weight is 364 g/mol. The van der Waals surface area contributed by atoms with E-state index in [1.165, 1.54) is 36.8 Å². The molecule has 0 aliphatic heterocycles. The van der Waals surface area contributed by atoms with Crippen LogP contribution in [0.2, 0.25) is 0 Å². The summed E-state index contributed by atoms with van der Waals surface area (Å²) in [4.78, 5) is 0. The van der Waals surface area contributed by atoms with E-state index in [1.807, 2.05) is 35.1 Å². The van der Waals surface area contributed by atoms with Gasteiger partial charge < -0.3 is 4.74 Å². The molecule has 1 saturated carbocycles. The average Bonchev–Trinajstić information content (AvgIpc) is 3.11. The summed E-state index contributed by atoms with van der Waals surface area (Å²) >= 11 is 0. The SMILES string of the molecule is C=C1CCC[C@]2(C)CCC(c3cn(-c4ccc(OC)cc4)nn3)=CC[C@@]12C. The molecular weight excluding hydrogens is 334 g/mol. The van der Waals surface area contributed by atoms with E-state index >= 15 is 0 Å². The van der Waals surface area contributed by atoms with Gasteiger partial charge in [-0.2, -0.15) is 0 Å². The van der Waals surface area contributed by atoms with Crippen molar-refractivity contribution in [2.75, 3.05) is 7.11 Å². The fourth-order valence-electron chi connectivity index (χ4n) is 4.81. The monoisotopic (exact) mass is 363 g/mol. The summed E-state index contributed by atoms with van der Waals surface area (Å²) in [5.41, 5.74) is 5.24. The van der Waals surface area contributed by atoms with E-state index in [1.54, 1.807) is 7.11 Å². The van der Waals surface area contributed by atoms with Crippen LogP contribution >= 0.6 is 0 Å². The van der Waals surface area contributed by atoms with Crippen molar-refractivity contribution in [2.24, 2.45) is 10.8 Å². The number of rotatable bonds is 3. The minimum absolute atomic E-state index is 0.193. The second kappa shape index (κ2) is 6.66. The van der Waals surface area contributed by atoms with Crippen LogP contribution in [-0.4, -0.2) is 22.1 Å². The van der Waals surface area contributed by atoms with Gasteiger partial charge in [0.2, 0.25) is 0 Å². The lowest BCUT2D eigenvalue weighted by atomic mass is 9.54. The van der Waals surface area contributed by atoms with Crippen LogP contribution in [0.3, 0.4) is 0 Å². The van der Waals surface area contributed by atoms with Crippen molar-refractivity contribution in [1.29, 1.82) is 0 Å². The minimum atomic E-state index is 0.193. The first-order valence-corrected chi connectivity index (χ1v) is 9.90. The van der Waals surface area contributed by atoms with E-state index in [4.69, 9.17) is 4.74 Å². The number of methoxy groups -OCH3 is 1. The van der Waals surface area contributed by atoms with Gasteiger partial charge in [-0.25, -0.2) is 4.68 Å². The number of allylic oxidation sites excluding steroid dienone is 3. The predicted molar refractivity (Wildman–Crippen MR) is 109 cm³/mol. The highest BCUT2D eigenvalue weighted by molar-refractivity contribution is 5.63. The highest BCUT2D eigenvalue weighted by atomic mass is 16.5. The van der Waals surface area contributed by atoms with Crippen LogP contribution in [0.4, 0.5) is 0 Å². The number of hydrogen-bond acceptors (Lipinski definition) is 3. The molecule has 2 aromatic rings. The maximum absolute atomic E-state index is 5.23. The van der Waals surface area contributed by atoms with Gasteiger partial charge >= 0.3 is 0 Å². The standard InChI is InChI=1S/C23H29N3O/c1-17-6-5-13-22(2)14-11-18(12-15-23(17,22)3)21-16-26(25-24-21)19-7-9-20(27-4)10-8-19/h7-10,12,16H,1,5-6,11,13-15H2,2-4H3/t22-,23+/m1/s1. The Balaban J connectivity index is 1.60. The summed E-state index contributed by atoms with van der Waals surface area (Å²) in [6.45, 7) is 9.32. The van der Waals surface area contributed by atoms with Gasteiger partial charge in [0.25, 0.3) is 0 Å². The fraction of sp³-hybridized carbons (Fsp3) is 0.478. The Kier molecular flexibility index (Phi) is 4.45. The lowest BCUT2D eigenvalue weighted by molar-refractivity contribution is 0.0645. The molecule has 4 rings (SSSR count). The maximum Gasteiger partial charge on any atom is 0.119 e. The van der Waals surface area contributed by atoms with Crippen molar-refractivity contribution in [1.82, 2.24) is 15.0 Å². The first-order chi connectivity index (χ1) is 12.9. The third kappa shape index (κ3) is 3.01. The van der Waals surface area contributed by atoms with Crippen LogP contribution < -0.4 is 4.74 Å². The van der Waals surface area contributed by atoms with Gasteiger partial charge in [-0.3, -0.25) is 0 Å². The van der Waals surface area contributed by atoms with Crippen LogP contribution in [0.25, 0.3) is 11.3 Å². The van der Waals surface area contributed by atoms with Gasteiger partial charge in [0.15, 0.2) is 0 Å². The summed E-state index contributed by atoms with van der Waals surface area (Å²) in [5, 5.41) is 8.83. The van der Waals surface area contributed by atoms with Crippen molar-refractivity contribution >= 4 is 5.57 Å². The summed E-state index contributed by atoms with van der Waals surface area (Å²) in [6.07, 6.45) is 11.5. The van der Waals surface area contributed by atoms with Crippen molar-refractivity contribution < 1.29 is 4.74 Å². The number of nitrogens with zero attached hydrogens (tertiary/aromatic N) is 3. The Labute approximate surface area is 161 Å². The Hall–Kier alpha value is -2.36. The molecule has 0 N–H and O–H groups in total. The molecule has 1 fully saturated rings. The van der Waals surface area contributed by atoms with E-state index in [9.17, 15) is 0 Å². The zero-order valence-electron chi connectivity index (χ0n) is 16.7. The summed E-state index contributed by atoms with van der Waals surface area (Å²) in [5.74, 6) is 0.842. The smallest absolute Gasteiger partial charge is 0.119 e. The first-order valence-electron chi connectivity index (χ1n) is 9.90. The molecule has 0 saturated heterocycles. The van der Waals surface area contributed by atoms with Gasteiger partial charge in [0.05, 0.1) is 19.0 Å². The third-order valence-corrected chi connectivity index (χ3v) is 7.18. The number of fused-ring (bicyclic) bond motifs is 1. The molecule has 1 aromatic carbocycles. The molecule has 4 nitrogen and oxygen atoms in total. The Morgan fingerprint density at radius 1 is 1.11 bits per heavy atom. The van der Waals surface area contributed by atoms with Gasteiger partial charge in [-0.15, -0.1) is 5.10 Å². The summed E-state index contributed by atoms with van der Waals surface area (Å²) in [7, 11) is 1.67. The quantitative estimate of drug-likeness (QED) is 0.667. The number of aromatic nitrogens is 3. The minimum Gasteiger partial charge on any atom is -0.497 e. The first kappa shape index (κ1) is 18.0. The maximum atomic E-state index is 5.23. The van der Waals surface area contributed by atoms with Crippen molar-refractivity contribution in [3.63, 3.8) is 0 Å². The van der Waals surface area contributed by atoms with Crippen LogP contribution in [-0.2, 0) is 0 Å². The molecule has 0 radical (unpaired) electrons. The zero-order chi connectivity index (χ0) is 19.1. The van der Waals surface area contributed by atoms with Crippen molar-refractivity contribution in [2.45, 2.75) is 52.4 Å². The summed E-state index contributed by atoms with van der Waals surface area (Å²) < 4.78 is 7.07.